The monoisotopic (exact) mass is 188 g/mol. The molecule has 0 radical (unpaired) electrons. The van der Waals surface area contributed by atoms with Crippen molar-refractivity contribution in [2.75, 3.05) is 7.05 Å². The van der Waals surface area contributed by atoms with Crippen molar-refractivity contribution in [2.24, 2.45) is 0 Å². The fraction of sp³-hybridized carbons (Fsp3) is 0.182. The maximum absolute atomic E-state index is 11.1. The molecule has 0 saturated heterocycles. The van der Waals surface area contributed by atoms with Crippen LogP contribution in [0, 0.1) is 0 Å². The maximum atomic E-state index is 11.1. The van der Waals surface area contributed by atoms with E-state index in [9.17, 15) is 4.79 Å². The standard InChI is InChI=1S/C11H12N2O/c1-12-11(14)7-8-2-3-10-9(6-8)4-5-13-10/h2-6,13H,7H2,1H3,(H,12,14). The van der Waals surface area contributed by atoms with E-state index in [0.717, 1.165) is 16.5 Å². The van der Waals surface area contributed by atoms with Crippen LogP contribution < -0.4 is 5.32 Å². The van der Waals surface area contributed by atoms with Gasteiger partial charge in [0.1, 0.15) is 0 Å². The van der Waals surface area contributed by atoms with Gasteiger partial charge < -0.3 is 10.3 Å². The highest BCUT2D eigenvalue weighted by atomic mass is 16.1. The van der Waals surface area contributed by atoms with E-state index in [-0.39, 0.29) is 5.91 Å². The Morgan fingerprint density at radius 3 is 3.07 bits per heavy atom. The third-order valence-corrected chi connectivity index (χ3v) is 2.26. The molecule has 0 bridgehead atoms. The number of aromatic amines is 1. The summed E-state index contributed by atoms with van der Waals surface area (Å²) < 4.78 is 0. The van der Waals surface area contributed by atoms with Gasteiger partial charge in [-0.05, 0) is 29.1 Å². The molecule has 2 N–H and O–H groups in total. The van der Waals surface area contributed by atoms with Gasteiger partial charge in [-0.25, -0.2) is 0 Å². The molecular formula is C11H12N2O. The fourth-order valence-corrected chi connectivity index (χ4v) is 1.49. The summed E-state index contributed by atoms with van der Waals surface area (Å²) in [5.74, 6) is 0.0416. The van der Waals surface area contributed by atoms with E-state index < -0.39 is 0 Å². The van der Waals surface area contributed by atoms with Gasteiger partial charge in [-0.15, -0.1) is 0 Å². The first-order chi connectivity index (χ1) is 6.79. The Kier molecular flexibility index (Phi) is 2.23. The molecule has 3 nitrogen and oxygen atoms in total. The zero-order valence-corrected chi connectivity index (χ0v) is 8.00. The topological polar surface area (TPSA) is 44.9 Å². The lowest BCUT2D eigenvalue weighted by Gasteiger charge is -2.00. The van der Waals surface area contributed by atoms with Crippen molar-refractivity contribution in [1.82, 2.24) is 10.3 Å². The number of aromatic nitrogens is 1. The molecule has 0 aliphatic heterocycles. The largest absolute Gasteiger partial charge is 0.361 e. The van der Waals surface area contributed by atoms with Gasteiger partial charge >= 0.3 is 0 Å². The molecule has 2 aromatic rings. The summed E-state index contributed by atoms with van der Waals surface area (Å²) >= 11 is 0. The van der Waals surface area contributed by atoms with Crippen LogP contribution in [-0.2, 0) is 11.2 Å². The summed E-state index contributed by atoms with van der Waals surface area (Å²) in [7, 11) is 1.65. The van der Waals surface area contributed by atoms with Crippen molar-refractivity contribution in [3.8, 4) is 0 Å². The lowest BCUT2D eigenvalue weighted by molar-refractivity contribution is -0.119. The molecule has 72 valence electrons. The Morgan fingerprint density at radius 2 is 2.29 bits per heavy atom. The van der Waals surface area contributed by atoms with Crippen molar-refractivity contribution in [3.05, 3.63) is 36.0 Å². The molecule has 2 rings (SSSR count). The van der Waals surface area contributed by atoms with Crippen LogP contribution in [0.1, 0.15) is 5.56 Å². The van der Waals surface area contributed by atoms with Gasteiger partial charge in [0.15, 0.2) is 0 Å². The lowest BCUT2D eigenvalue weighted by atomic mass is 10.1. The predicted octanol–water partition coefficient (Wildman–Crippen LogP) is 1.46. The van der Waals surface area contributed by atoms with E-state index in [1.165, 1.54) is 0 Å². The number of nitrogens with one attached hydrogen (secondary N) is 2. The molecule has 14 heavy (non-hydrogen) atoms. The number of likely N-dealkylation sites (N-methyl/N-ethyl adjacent to an activating group) is 1. The summed E-state index contributed by atoms with van der Waals surface area (Å²) in [4.78, 5) is 14.3. The summed E-state index contributed by atoms with van der Waals surface area (Å²) in [5, 5.41) is 3.75. The second-order valence-corrected chi connectivity index (χ2v) is 3.25. The van der Waals surface area contributed by atoms with E-state index >= 15 is 0 Å². The van der Waals surface area contributed by atoms with Gasteiger partial charge in [-0.3, -0.25) is 4.79 Å². The van der Waals surface area contributed by atoms with Crippen molar-refractivity contribution in [2.45, 2.75) is 6.42 Å². The molecule has 0 fully saturated rings. The lowest BCUT2D eigenvalue weighted by Crippen LogP contribution is -2.19. The molecular weight excluding hydrogens is 176 g/mol. The molecule has 0 atom stereocenters. The van der Waals surface area contributed by atoms with Crippen LogP contribution in [0.15, 0.2) is 30.5 Å². The average Bonchev–Trinajstić information content (AvgIpc) is 2.64. The minimum absolute atomic E-state index is 0.0416. The van der Waals surface area contributed by atoms with Gasteiger partial charge in [-0.1, -0.05) is 6.07 Å². The highest BCUT2D eigenvalue weighted by molar-refractivity contribution is 5.83. The van der Waals surface area contributed by atoms with E-state index in [1.54, 1.807) is 7.05 Å². The molecule has 1 aromatic carbocycles. The van der Waals surface area contributed by atoms with Gasteiger partial charge in [0.2, 0.25) is 5.91 Å². The Labute approximate surface area is 82.1 Å². The summed E-state index contributed by atoms with van der Waals surface area (Å²) in [5.41, 5.74) is 2.14. The van der Waals surface area contributed by atoms with Crippen LogP contribution in [0.2, 0.25) is 0 Å². The molecule has 0 aliphatic rings. The van der Waals surface area contributed by atoms with Crippen LogP contribution in [0.25, 0.3) is 10.9 Å². The molecule has 0 unspecified atom stereocenters. The van der Waals surface area contributed by atoms with Gasteiger partial charge in [0, 0.05) is 18.8 Å². The third kappa shape index (κ3) is 1.62. The van der Waals surface area contributed by atoms with Crippen molar-refractivity contribution in [1.29, 1.82) is 0 Å². The zero-order valence-electron chi connectivity index (χ0n) is 8.00. The van der Waals surface area contributed by atoms with Crippen LogP contribution >= 0.6 is 0 Å². The second kappa shape index (κ2) is 3.54. The molecule has 1 aromatic heterocycles. The number of carbonyl (C=O) groups is 1. The Morgan fingerprint density at radius 1 is 1.43 bits per heavy atom. The van der Waals surface area contributed by atoms with Crippen LogP contribution in [-0.4, -0.2) is 17.9 Å². The van der Waals surface area contributed by atoms with E-state index in [2.05, 4.69) is 10.3 Å². The summed E-state index contributed by atoms with van der Waals surface area (Å²) in [6.45, 7) is 0. The number of benzene rings is 1. The zero-order chi connectivity index (χ0) is 9.97. The maximum Gasteiger partial charge on any atom is 0.224 e. The average molecular weight is 188 g/mol. The highest BCUT2D eigenvalue weighted by Gasteiger charge is 2.01. The summed E-state index contributed by atoms with van der Waals surface area (Å²) in [6.07, 6.45) is 2.34. The first-order valence-electron chi connectivity index (χ1n) is 4.56. The fourth-order valence-electron chi connectivity index (χ4n) is 1.49. The number of amides is 1. The van der Waals surface area contributed by atoms with Crippen molar-refractivity contribution >= 4 is 16.8 Å². The van der Waals surface area contributed by atoms with E-state index in [0.29, 0.717) is 6.42 Å². The van der Waals surface area contributed by atoms with Crippen LogP contribution in [0.3, 0.4) is 0 Å². The molecule has 1 amide bonds. The van der Waals surface area contributed by atoms with E-state index in [4.69, 9.17) is 0 Å². The SMILES string of the molecule is CNC(=O)Cc1ccc2[nH]ccc2c1. The number of fused-ring (bicyclic) bond motifs is 1. The number of hydrogen-bond donors (Lipinski definition) is 2. The molecule has 0 spiro atoms. The van der Waals surface area contributed by atoms with Crippen LogP contribution in [0.4, 0.5) is 0 Å². The summed E-state index contributed by atoms with van der Waals surface area (Å²) in [6, 6.07) is 7.99. The first kappa shape index (κ1) is 8.81. The number of H-pyrrole nitrogens is 1. The van der Waals surface area contributed by atoms with Crippen LogP contribution in [0.5, 0.6) is 0 Å². The van der Waals surface area contributed by atoms with Gasteiger partial charge in [-0.2, -0.15) is 0 Å². The van der Waals surface area contributed by atoms with Crippen molar-refractivity contribution < 1.29 is 4.79 Å². The normalized spacial score (nSPS) is 10.4. The Hall–Kier alpha value is -1.77. The molecule has 0 aliphatic carbocycles. The van der Waals surface area contributed by atoms with Gasteiger partial charge in [0.05, 0.1) is 6.42 Å². The smallest absolute Gasteiger partial charge is 0.224 e. The molecule has 0 saturated carbocycles. The first-order valence-corrected chi connectivity index (χ1v) is 4.56. The predicted molar refractivity (Wildman–Crippen MR) is 56.1 cm³/mol. The number of rotatable bonds is 2. The quantitative estimate of drug-likeness (QED) is 0.736. The second-order valence-electron chi connectivity index (χ2n) is 3.25. The Balaban J connectivity index is 2.30. The van der Waals surface area contributed by atoms with Gasteiger partial charge in [0.25, 0.3) is 0 Å². The highest BCUT2D eigenvalue weighted by Crippen LogP contribution is 2.14. The van der Waals surface area contributed by atoms with Crippen molar-refractivity contribution in [3.63, 3.8) is 0 Å². The minimum Gasteiger partial charge on any atom is -0.361 e. The Bertz CT molecular complexity index is 459. The minimum atomic E-state index is 0.0416. The van der Waals surface area contributed by atoms with E-state index in [1.807, 2.05) is 30.5 Å². The molecule has 3 heteroatoms. The number of carbonyl (C=O) groups excluding carboxylic acids is 1. The third-order valence-electron chi connectivity index (χ3n) is 2.26. The number of hydrogen-bond acceptors (Lipinski definition) is 1. The molecule has 1 heterocycles.